The Morgan fingerprint density at radius 2 is 2.10 bits per heavy atom. The molecule has 2 heterocycles. The minimum absolute atomic E-state index is 0.0163. The van der Waals surface area contributed by atoms with Gasteiger partial charge in [0.15, 0.2) is 11.2 Å². The zero-order chi connectivity index (χ0) is 21.7. The van der Waals surface area contributed by atoms with Gasteiger partial charge in [0.2, 0.25) is 10.0 Å². The molecule has 2 aromatic rings. The second-order valence-electron chi connectivity index (χ2n) is 7.12. The number of ether oxygens (including phenoxy) is 1. The van der Waals surface area contributed by atoms with Crippen molar-refractivity contribution in [3.05, 3.63) is 24.0 Å². The zero-order valence-corrected chi connectivity index (χ0v) is 18.5. The molecule has 1 atom stereocenters. The summed E-state index contributed by atoms with van der Waals surface area (Å²) in [6, 6.07) is 0.0163. The molecule has 3 rings (SSSR count). The molecule has 1 amide bonds. The summed E-state index contributed by atoms with van der Waals surface area (Å²) in [6.45, 7) is 0.898. The Kier molecular flexibility index (Phi) is 7.21. The van der Waals surface area contributed by atoms with Crippen LogP contribution in [0.2, 0.25) is 0 Å². The van der Waals surface area contributed by atoms with Crippen molar-refractivity contribution in [2.75, 3.05) is 11.4 Å². The van der Waals surface area contributed by atoms with Gasteiger partial charge in [0, 0.05) is 30.9 Å². The van der Waals surface area contributed by atoms with Crippen LogP contribution in [0, 0.1) is 0 Å². The molecule has 1 aliphatic carbocycles. The molecule has 12 heteroatoms. The Balaban J connectivity index is 1.61. The number of carbonyl (C=O) groups excluding carboxylic acids is 2. The smallest absolute Gasteiger partial charge is 0.321 e. The van der Waals surface area contributed by atoms with Crippen LogP contribution in [0.1, 0.15) is 39.0 Å². The minimum Gasteiger partial charge on any atom is -0.452 e. The molecule has 1 saturated carbocycles. The van der Waals surface area contributed by atoms with E-state index in [9.17, 15) is 18.0 Å². The average molecular weight is 456 g/mol. The highest BCUT2D eigenvalue weighted by Crippen LogP contribution is 2.29. The van der Waals surface area contributed by atoms with Crippen molar-refractivity contribution >= 4 is 38.4 Å². The number of carbonyl (C=O) groups is 2. The lowest BCUT2D eigenvalue weighted by molar-refractivity contribution is -0.152. The van der Waals surface area contributed by atoms with E-state index < -0.39 is 28.6 Å². The van der Waals surface area contributed by atoms with Crippen LogP contribution in [-0.2, 0) is 31.4 Å². The van der Waals surface area contributed by atoms with Gasteiger partial charge >= 0.3 is 5.97 Å². The zero-order valence-electron chi connectivity index (χ0n) is 16.9. The summed E-state index contributed by atoms with van der Waals surface area (Å²) in [5.41, 5.74) is 0. The van der Waals surface area contributed by atoms with E-state index in [1.54, 1.807) is 23.5 Å². The van der Waals surface area contributed by atoms with E-state index >= 15 is 0 Å². The largest absolute Gasteiger partial charge is 0.452 e. The van der Waals surface area contributed by atoms with E-state index in [1.807, 2.05) is 0 Å². The summed E-state index contributed by atoms with van der Waals surface area (Å²) in [7, 11) is -2.31. The van der Waals surface area contributed by atoms with Crippen molar-refractivity contribution in [2.45, 2.75) is 56.1 Å². The van der Waals surface area contributed by atoms with Gasteiger partial charge in [-0.1, -0.05) is 19.3 Å². The van der Waals surface area contributed by atoms with Gasteiger partial charge < -0.3 is 4.74 Å². The van der Waals surface area contributed by atoms with Gasteiger partial charge in [-0.2, -0.15) is 9.82 Å². The van der Waals surface area contributed by atoms with E-state index in [-0.39, 0.29) is 16.8 Å². The summed E-state index contributed by atoms with van der Waals surface area (Å²) in [4.78, 5) is 31.1. The number of thiazole rings is 1. The number of amides is 1. The number of hydrogen-bond acceptors (Lipinski definition) is 8. The topological polar surface area (TPSA) is 123 Å². The Labute approximate surface area is 179 Å². The first-order valence-corrected chi connectivity index (χ1v) is 12.0. The number of hydrogen-bond donors (Lipinski definition) is 1. The van der Waals surface area contributed by atoms with Crippen LogP contribution < -0.4 is 9.62 Å². The molecule has 0 aromatic carbocycles. The highest BCUT2D eigenvalue weighted by molar-refractivity contribution is 7.89. The predicted molar refractivity (Wildman–Crippen MR) is 110 cm³/mol. The normalized spacial score (nSPS) is 16.2. The fourth-order valence-corrected chi connectivity index (χ4v) is 5.03. The predicted octanol–water partition coefficient (Wildman–Crippen LogP) is 1.45. The lowest BCUT2D eigenvalue weighted by Gasteiger charge is -2.33. The third-order valence-corrected chi connectivity index (χ3v) is 6.98. The number of aromatic nitrogens is 3. The minimum atomic E-state index is -3.90. The molecule has 0 spiro atoms. The summed E-state index contributed by atoms with van der Waals surface area (Å²) in [5, 5.41) is 6.17. The first-order chi connectivity index (χ1) is 14.3. The van der Waals surface area contributed by atoms with Gasteiger partial charge in [-0.05, 0) is 19.8 Å². The van der Waals surface area contributed by atoms with Crippen LogP contribution in [-0.4, -0.2) is 53.7 Å². The molecular formula is C18H25N5O5S2. The van der Waals surface area contributed by atoms with E-state index in [2.05, 4.69) is 14.8 Å². The molecule has 0 radical (unpaired) electrons. The molecule has 2 aromatic heterocycles. The number of rotatable bonds is 8. The second-order valence-corrected chi connectivity index (χ2v) is 9.76. The standard InChI is InChI=1S/C18H25N5O5S2/c1-13(28-16(24)11-21-30(26,27)15-10-20-22(2)12-15)17(25)23(18-19-8-9-29-18)14-6-4-3-5-7-14/h8-10,12-14,21H,3-7,11H2,1-2H3. The molecular weight excluding hydrogens is 430 g/mol. The lowest BCUT2D eigenvalue weighted by Crippen LogP contribution is -2.47. The number of sulfonamides is 1. The lowest BCUT2D eigenvalue weighted by atomic mass is 9.94. The number of nitrogens with zero attached hydrogens (tertiary/aromatic N) is 4. The van der Waals surface area contributed by atoms with Crippen molar-refractivity contribution in [1.29, 1.82) is 0 Å². The molecule has 10 nitrogen and oxygen atoms in total. The van der Waals surface area contributed by atoms with Crippen LogP contribution in [0.4, 0.5) is 5.13 Å². The Morgan fingerprint density at radius 1 is 1.37 bits per heavy atom. The Bertz CT molecular complexity index is 967. The molecule has 0 saturated heterocycles. The van der Waals surface area contributed by atoms with Gasteiger partial charge in [0.1, 0.15) is 11.4 Å². The maximum atomic E-state index is 13.1. The monoisotopic (exact) mass is 455 g/mol. The first-order valence-electron chi connectivity index (χ1n) is 9.68. The second kappa shape index (κ2) is 9.67. The first kappa shape index (κ1) is 22.4. The fraction of sp³-hybridized carbons (Fsp3) is 0.556. The van der Waals surface area contributed by atoms with Crippen molar-refractivity contribution in [3.8, 4) is 0 Å². The molecule has 30 heavy (non-hydrogen) atoms. The van der Waals surface area contributed by atoms with Gasteiger partial charge in [-0.25, -0.2) is 13.4 Å². The molecule has 1 fully saturated rings. The van der Waals surface area contributed by atoms with Crippen LogP contribution >= 0.6 is 11.3 Å². The third kappa shape index (κ3) is 5.43. The van der Waals surface area contributed by atoms with E-state index in [0.29, 0.717) is 5.13 Å². The molecule has 1 aliphatic rings. The maximum absolute atomic E-state index is 13.1. The van der Waals surface area contributed by atoms with Crippen LogP contribution in [0.15, 0.2) is 28.9 Å². The Hall–Kier alpha value is -2.31. The van der Waals surface area contributed by atoms with Crippen LogP contribution in [0.3, 0.4) is 0 Å². The van der Waals surface area contributed by atoms with E-state index in [0.717, 1.165) is 32.1 Å². The highest BCUT2D eigenvalue weighted by Gasteiger charge is 2.33. The third-order valence-electron chi connectivity index (χ3n) is 4.86. The van der Waals surface area contributed by atoms with Gasteiger partial charge in [-0.15, -0.1) is 11.3 Å². The Morgan fingerprint density at radius 3 is 2.70 bits per heavy atom. The van der Waals surface area contributed by atoms with Crippen LogP contribution in [0.5, 0.6) is 0 Å². The van der Waals surface area contributed by atoms with Crippen molar-refractivity contribution in [3.63, 3.8) is 0 Å². The number of nitrogens with one attached hydrogen (secondary N) is 1. The van der Waals surface area contributed by atoms with Gasteiger partial charge in [-0.3, -0.25) is 19.2 Å². The van der Waals surface area contributed by atoms with Gasteiger partial charge in [0.05, 0.1) is 6.20 Å². The quantitative estimate of drug-likeness (QED) is 0.598. The SMILES string of the molecule is CC(OC(=O)CNS(=O)(=O)c1cnn(C)c1)C(=O)N(c1nccs1)C1CCCCC1. The van der Waals surface area contributed by atoms with E-state index in [4.69, 9.17) is 4.74 Å². The van der Waals surface area contributed by atoms with Crippen LogP contribution in [0.25, 0.3) is 0 Å². The van der Waals surface area contributed by atoms with E-state index in [1.165, 1.54) is 35.3 Å². The summed E-state index contributed by atoms with van der Waals surface area (Å²) in [6.07, 6.45) is 8.00. The molecule has 164 valence electrons. The molecule has 0 bridgehead atoms. The highest BCUT2D eigenvalue weighted by atomic mass is 32.2. The molecule has 1 N–H and O–H groups in total. The van der Waals surface area contributed by atoms with Gasteiger partial charge in [0.25, 0.3) is 5.91 Å². The number of aryl methyl sites for hydroxylation is 1. The number of anilines is 1. The summed E-state index contributed by atoms with van der Waals surface area (Å²) in [5.74, 6) is -1.20. The molecule has 1 unspecified atom stereocenters. The average Bonchev–Trinajstić information content (AvgIpc) is 3.40. The number of esters is 1. The van der Waals surface area contributed by atoms with Crippen molar-refractivity contribution < 1.29 is 22.7 Å². The summed E-state index contributed by atoms with van der Waals surface area (Å²) >= 11 is 1.36. The van der Waals surface area contributed by atoms with Crippen molar-refractivity contribution in [1.82, 2.24) is 19.5 Å². The summed E-state index contributed by atoms with van der Waals surface area (Å²) < 4.78 is 33.1. The fourth-order valence-electron chi connectivity index (χ4n) is 3.36. The van der Waals surface area contributed by atoms with Crippen molar-refractivity contribution in [2.24, 2.45) is 7.05 Å². The molecule has 0 aliphatic heterocycles. The maximum Gasteiger partial charge on any atom is 0.321 e.